The van der Waals surface area contributed by atoms with Gasteiger partial charge in [0.1, 0.15) is 5.82 Å². The first kappa shape index (κ1) is 19.7. The monoisotopic (exact) mass is 376 g/mol. The summed E-state index contributed by atoms with van der Waals surface area (Å²) in [6.07, 6.45) is 0. The average Bonchev–Trinajstić information content (AvgIpc) is 3.03. The van der Waals surface area contributed by atoms with E-state index < -0.39 is 0 Å². The maximum atomic E-state index is 12.7. The second-order valence-corrected chi connectivity index (χ2v) is 8.26. The minimum Gasteiger partial charge on any atom is -0.307 e. The highest BCUT2D eigenvalue weighted by molar-refractivity contribution is 6.00. The second-order valence-electron chi connectivity index (χ2n) is 8.26. The van der Waals surface area contributed by atoms with Crippen LogP contribution < -0.4 is 10.6 Å². The third kappa shape index (κ3) is 4.25. The summed E-state index contributed by atoms with van der Waals surface area (Å²) in [6, 6.07) is 15.7. The minimum atomic E-state index is -0.286. The molecule has 0 spiro atoms. The molecule has 0 bridgehead atoms. The van der Waals surface area contributed by atoms with E-state index in [4.69, 9.17) is 5.10 Å². The lowest BCUT2D eigenvalue weighted by molar-refractivity contribution is 0.262. The summed E-state index contributed by atoms with van der Waals surface area (Å²) < 4.78 is 1.78. The number of nitrogens with one attached hydrogen (secondary N) is 2. The van der Waals surface area contributed by atoms with Crippen LogP contribution in [0.5, 0.6) is 0 Å². The Hall–Kier alpha value is -3.08. The van der Waals surface area contributed by atoms with Gasteiger partial charge < -0.3 is 5.32 Å². The molecule has 2 amide bonds. The molecule has 3 rings (SSSR count). The minimum absolute atomic E-state index is 0.130. The van der Waals surface area contributed by atoms with E-state index in [2.05, 4.69) is 31.4 Å². The molecule has 1 aromatic heterocycles. The Morgan fingerprint density at radius 3 is 2.11 bits per heavy atom. The number of anilines is 2. The van der Waals surface area contributed by atoms with Gasteiger partial charge in [0.2, 0.25) is 0 Å². The molecule has 146 valence electrons. The van der Waals surface area contributed by atoms with Crippen LogP contribution in [-0.2, 0) is 5.41 Å². The Morgan fingerprint density at radius 2 is 1.54 bits per heavy atom. The van der Waals surface area contributed by atoms with Gasteiger partial charge in [-0.25, -0.2) is 9.48 Å². The normalized spacial score (nSPS) is 11.4. The molecule has 3 aromatic rings. The van der Waals surface area contributed by atoms with E-state index in [9.17, 15) is 4.79 Å². The predicted molar refractivity (Wildman–Crippen MR) is 116 cm³/mol. The molecule has 0 aliphatic carbocycles. The van der Waals surface area contributed by atoms with Gasteiger partial charge in [-0.3, -0.25) is 5.32 Å². The Labute approximate surface area is 166 Å². The lowest BCUT2D eigenvalue weighted by Gasteiger charge is -2.14. The van der Waals surface area contributed by atoms with Crippen molar-refractivity contribution in [1.29, 1.82) is 0 Å². The van der Waals surface area contributed by atoms with Gasteiger partial charge in [0.15, 0.2) is 0 Å². The van der Waals surface area contributed by atoms with E-state index in [0.717, 1.165) is 28.2 Å². The summed E-state index contributed by atoms with van der Waals surface area (Å²) in [4.78, 5) is 12.7. The SMILES string of the molecule is Cc1ccc(-n2nc(C(C)(C)C)cc2NC(=O)Nc2c(C)cccc2C)cc1. The number of carbonyl (C=O) groups excluding carboxylic acids is 1. The third-order valence-electron chi connectivity index (χ3n) is 4.72. The van der Waals surface area contributed by atoms with Gasteiger partial charge in [0, 0.05) is 17.2 Å². The summed E-state index contributed by atoms with van der Waals surface area (Å²) in [5.74, 6) is 0.637. The fourth-order valence-corrected chi connectivity index (χ4v) is 2.99. The molecule has 1 heterocycles. The standard InChI is InChI=1S/C23H28N4O/c1-15-10-12-18(13-11-15)27-20(14-19(26-27)23(4,5)6)24-22(28)25-21-16(2)8-7-9-17(21)3/h7-14H,1-6H3,(H2,24,25,28). The molecule has 0 aliphatic rings. The van der Waals surface area contributed by atoms with Crippen LogP contribution in [0.4, 0.5) is 16.3 Å². The van der Waals surface area contributed by atoms with Crippen LogP contribution >= 0.6 is 0 Å². The first-order valence-corrected chi connectivity index (χ1v) is 9.47. The van der Waals surface area contributed by atoms with Crippen molar-refractivity contribution in [3.05, 3.63) is 70.9 Å². The van der Waals surface area contributed by atoms with Crippen molar-refractivity contribution in [2.75, 3.05) is 10.6 Å². The Morgan fingerprint density at radius 1 is 0.929 bits per heavy atom. The van der Waals surface area contributed by atoms with Crippen LogP contribution in [0, 0.1) is 20.8 Å². The van der Waals surface area contributed by atoms with Gasteiger partial charge in [0.05, 0.1) is 11.4 Å². The van der Waals surface area contributed by atoms with Gasteiger partial charge in [-0.2, -0.15) is 5.10 Å². The first-order chi connectivity index (χ1) is 13.1. The summed E-state index contributed by atoms with van der Waals surface area (Å²) >= 11 is 0. The van der Waals surface area contributed by atoms with Crippen LogP contribution in [0.3, 0.4) is 0 Å². The van der Waals surface area contributed by atoms with Gasteiger partial charge in [-0.05, 0) is 44.0 Å². The number of urea groups is 1. The summed E-state index contributed by atoms with van der Waals surface area (Å²) in [7, 11) is 0. The summed E-state index contributed by atoms with van der Waals surface area (Å²) in [5, 5.41) is 10.7. The highest BCUT2D eigenvalue weighted by atomic mass is 16.2. The molecule has 28 heavy (non-hydrogen) atoms. The lowest BCUT2D eigenvalue weighted by Crippen LogP contribution is -2.22. The van der Waals surface area contributed by atoms with E-state index in [-0.39, 0.29) is 11.4 Å². The molecular weight excluding hydrogens is 348 g/mol. The molecule has 0 fully saturated rings. The van der Waals surface area contributed by atoms with Gasteiger partial charge in [-0.1, -0.05) is 56.7 Å². The number of aromatic nitrogens is 2. The molecule has 0 aliphatic heterocycles. The number of amides is 2. The Bertz CT molecular complexity index is 974. The molecule has 0 saturated carbocycles. The molecule has 0 saturated heterocycles. The fourth-order valence-electron chi connectivity index (χ4n) is 2.99. The number of rotatable bonds is 3. The van der Waals surface area contributed by atoms with Crippen molar-refractivity contribution in [2.45, 2.75) is 47.0 Å². The van der Waals surface area contributed by atoms with Crippen molar-refractivity contribution in [1.82, 2.24) is 9.78 Å². The van der Waals surface area contributed by atoms with E-state index in [0.29, 0.717) is 5.82 Å². The summed E-state index contributed by atoms with van der Waals surface area (Å²) in [6.45, 7) is 12.3. The number of para-hydroxylation sites is 1. The molecule has 0 atom stereocenters. The molecule has 2 N–H and O–H groups in total. The van der Waals surface area contributed by atoms with Crippen molar-refractivity contribution >= 4 is 17.5 Å². The second kappa shape index (κ2) is 7.50. The van der Waals surface area contributed by atoms with E-state index in [1.54, 1.807) is 4.68 Å². The topological polar surface area (TPSA) is 59.0 Å². The number of hydrogen-bond donors (Lipinski definition) is 2. The maximum Gasteiger partial charge on any atom is 0.324 e. The largest absolute Gasteiger partial charge is 0.324 e. The number of hydrogen-bond acceptors (Lipinski definition) is 2. The van der Waals surface area contributed by atoms with Gasteiger partial charge >= 0.3 is 6.03 Å². The maximum absolute atomic E-state index is 12.7. The zero-order valence-electron chi connectivity index (χ0n) is 17.4. The van der Waals surface area contributed by atoms with Crippen molar-refractivity contribution in [3.63, 3.8) is 0 Å². The van der Waals surface area contributed by atoms with Crippen molar-refractivity contribution in [2.24, 2.45) is 0 Å². The molecule has 0 unspecified atom stereocenters. The fraction of sp³-hybridized carbons (Fsp3) is 0.304. The smallest absolute Gasteiger partial charge is 0.307 e. The number of nitrogens with zero attached hydrogens (tertiary/aromatic N) is 2. The predicted octanol–water partition coefficient (Wildman–Crippen LogP) is 5.74. The van der Waals surface area contributed by atoms with Gasteiger partial charge in [0.25, 0.3) is 0 Å². The van der Waals surface area contributed by atoms with E-state index in [1.807, 2.05) is 69.3 Å². The van der Waals surface area contributed by atoms with E-state index in [1.165, 1.54) is 5.56 Å². The zero-order valence-corrected chi connectivity index (χ0v) is 17.4. The number of aryl methyl sites for hydroxylation is 3. The van der Waals surface area contributed by atoms with Crippen LogP contribution in [0.1, 0.15) is 43.2 Å². The zero-order chi connectivity index (χ0) is 20.5. The van der Waals surface area contributed by atoms with Crippen molar-refractivity contribution < 1.29 is 4.79 Å². The van der Waals surface area contributed by atoms with Crippen LogP contribution in [-0.4, -0.2) is 15.8 Å². The third-order valence-corrected chi connectivity index (χ3v) is 4.72. The summed E-state index contributed by atoms with van der Waals surface area (Å²) in [5.41, 5.74) is 5.75. The van der Waals surface area contributed by atoms with Crippen molar-refractivity contribution in [3.8, 4) is 5.69 Å². The molecular formula is C23H28N4O. The average molecular weight is 377 g/mol. The van der Waals surface area contributed by atoms with Crippen LogP contribution in [0.25, 0.3) is 5.69 Å². The molecule has 5 nitrogen and oxygen atoms in total. The highest BCUT2D eigenvalue weighted by Crippen LogP contribution is 2.27. The highest BCUT2D eigenvalue weighted by Gasteiger charge is 2.21. The molecule has 5 heteroatoms. The van der Waals surface area contributed by atoms with Crippen LogP contribution in [0.2, 0.25) is 0 Å². The van der Waals surface area contributed by atoms with E-state index >= 15 is 0 Å². The Balaban J connectivity index is 1.93. The van der Waals surface area contributed by atoms with Crippen LogP contribution in [0.15, 0.2) is 48.5 Å². The first-order valence-electron chi connectivity index (χ1n) is 9.47. The lowest BCUT2D eigenvalue weighted by atomic mass is 9.92. The molecule has 2 aromatic carbocycles. The molecule has 0 radical (unpaired) electrons. The Kier molecular flexibility index (Phi) is 5.27. The number of carbonyl (C=O) groups is 1. The quantitative estimate of drug-likeness (QED) is 0.612. The van der Waals surface area contributed by atoms with Gasteiger partial charge in [-0.15, -0.1) is 0 Å². The number of benzene rings is 2.